The summed E-state index contributed by atoms with van der Waals surface area (Å²) < 4.78 is 0. The first-order valence-electron chi connectivity index (χ1n) is 7.55. The van der Waals surface area contributed by atoms with Crippen LogP contribution >= 0.6 is 11.3 Å². The molecule has 0 saturated carbocycles. The Morgan fingerprint density at radius 1 is 1.27 bits per heavy atom. The zero-order valence-corrected chi connectivity index (χ0v) is 13.2. The van der Waals surface area contributed by atoms with E-state index in [1.165, 1.54) is 11.3 Å². The van der Waals surface area contributed by atoms with Crippen molar-refractivity contribution in [3.8, 4) is 10.6 Å². The van der Waals surface area contributed by atoms with E-state index >= 15 is 0 Å². The van der Waals surface area contributed by atoms with E-state index < -0.39 is 0 Å². The van der Waals surface area contributed by atoms with Crippen molar-refractivity contribution in [2.45, 2.75) is 0 Å². The molecule has 2 N–H and O–H groups in total. The molecule has 0 atom stereocenters. The molecule has 1 amide bonds. The van der Waals surface area contributed by atoms with Crippen molar-refractivity contribution < 1.29 is 4.79 Å². The van der Waals surface area contributed by atoms with Crippen LogP contribution in [0.5, 0.6) is 0 Å². The average molecular weight is 316 g/mol. The molecule has 0 bridgehead atoms. The maximum Gasteiger partial charge on any atom is 0.270 e. The second kappa shape index (κ2) is 7.49. The highest BCUT2D eigenvalue weighted by Gasteiger charge is 2.13. The van der Waals surface area contributed by atoms with Gasteiger partial charge in [0.05, 0.1) is 0 Å². The van der Waals surface area contributed by atoms with Crippen molar-refractivity contribution in [3.05, 3.63) is 41.4 Å². The summed E-state index contributed by atoms with van der Waals surface area (Å²) in [5.74, 6) is -0.0893. The molecule has 0 aliphatic carbocycles. The standard InChI is InChI=1S/C16H20N4OS/c21-15(18-8-11-20-9-6-17-7-10-20)14-12-22-16(19-14)13-4-2-1-3-5-13/h1-5,12,17H,6-11H2,(H,18,21). The highest BCUT2D eigenvalue weighted by Crippen LogP contribution is 2.23. The van der Waals surface area contributed by atoms with Gasteiger partial charge in [-0.15, -0.1) is 11.3 Å². The number of aromatic nitrogens is 1. The van der Waals surface area contributed by atoms with Crippen LogP contribution in [0.3, 0.4) is 0 Å². The molecule has 0 spiro atoms. The first-order valence-corrected chi connectivity index (χ1v) is 8.43. The summed E-state index contributed by atoms with van der Waals surface area (Å²) in [5.41, 5.74) is 1.55. The summed E-state index contributed by atoms with van der Waals surface area (Å²) in [7, 11) is 0. The lowest BCUT2D eigenvalue weighted by molar-refractivity contribution is 0.0943. The van der Waals surface area contributed by atoms with Gasteiger partial charge in [0, 0.05) is 50.2 Å². The van der Waals surface area contributed by atoms with Crippen molar-refractivity contribution >= 4 is 17.2 Å². The molecule has 6 heteroatoms. The van der Waals surface area contributed by atoms with E-state index in [4.69, 9.17) is 0 Å². The molecule has 1 aromatic heterocycles. The summed E-state index contributed by atoms with van der Waals surface area (Å²) in [6, 6.07) is 9.94. The number of piperazine rings is 1. The Morgan fingerprint density at radius 2 is 2.05 bits per heavy atom. The molecule has 2 aromatic rings. The van der Waals surface area contributed by atoms with Crippen LogP contribution in [-0.4, -0.2) is 55.1 Å². The second-order valence-corrected chi connectivity index (χ2v) is 6.11. The number of amides is 1. The number of benzene rings is 1. The van der Waals surface area contributed by atoms with Gasteiger partial charge in [-0.1, -0.05) is 30.3 Å². The smallest absolute Gasteiger partial charge is 0.270 e. The van der Waals surface area contributed by atoms with Crippen LogP contribution in [0, 0.1) is 0 Å². The molecule has 1 aromatic carbocycles. The van der Waals surface area contributed by atoms with Gasteiger partial charge in [0.1, 0.15) is 10.7 Å². The van der Waals surface area contributed by atoms with Crippen LogP contribution in [0.2, 0.25) is 0 Å². The molecular formula is C16H20N4OS. The molecule has 1 saturated heterocycles. The van der Waals surface area contributed by atoms with E-state index in [0.29, 0.717) is 12.2 Å². The molecular weight excluding hydrogens is 296 g/mol. The van der Waals surface area contributed by atoms with Crippen molar-refractivity contribution in [2.24, 2.45) is 0 Å². The van der Waals surface area contributed by atoms with Gasteiger partial charge < -0.3 is 10.6 Å². The number of nitrogens with zero attached hydrogens (tertiary/aromatic N) is 2. The Balaban J connectivity index is 1.51. The zero-order chi connectivity index (χ0) is 15.2. The lowest BCUT2D eigenvalue weighted by Gasteiger charge is -2.26. The summed E-state index contributed by atoms with van der Waals surface area (Å²) in [5, 5.41) is 8.98. The largest absolute Gasteiger partial charge is 0.349 e. The van der Waals surface area contributed by atoms with Crippen LogP contribution < -0.4 is 10.6 Å². The van der Waals surface area contributed by atoms with Crippen LogP contribution in [-0.2, 0) is 0 Å². The Hall–Kier alpha value is -1.76. The predicted octanol–water partition coefficient (Wildman–Crippen LogP) is 1.45. The van der Waals surface area contributed by atoms with E-state index in [2.05, 4.69) is 20.5 Å². The van der Waals surface area contributed by atoms with Crippen molar-refractivity contribution in [1.82, 2.24) is 20.5 Å². The number of thiazole rings is 1. The van der Waals surface area contributed by atoms with Gasteiger partial charge >= 0.3 is 0 Å². The fourth-order valence-electron chi connectivity index (χ4n) is 2.44. The predicted molar refractivity (Wildman–Crippen MR) is 89.2 cm³/mol. The number of carbonyl (C=O) groups is 1. The van der Waals surface area contributed by atoms with E-state index in [-0.39, 0.29) is 5.91 Å². The van der Waals surface area contributed by atoms with E-state index in [1.54, 1.807) is 0 Å². The normalized spacial score (nSPS) is 15.6. The summed E-state index contributed by atoms with van der Waals surface area (Å²) in [6.45, 7) is 5.70. The van der Waals surface area contributed by atoms with E-state index in [0.717, 1.165) is 43.3 Å². The van der Waals surface area contributed by atoms with Crippen LogP contribution in [0.1, 0.15) is 10.5 Å². The number of hydrogen-bond acceptors (Lipinski definition) is 5. The molecule has 3 rings (SSSR count). The number of carbonyl (C=O) groups excluding carboxylic acids is 1. The van der Waals surface area contributed by atoms with Gasteiger partial charge in [-0.25, -0.2) is 4.98 Å². The fraction of sp³-hybridized carbons (Fsp3) is 0.375. The molecule has 5 nitrogen and oxygen atoms in total. The Bertz CT molecular complexity index is 608. The SMILES string of the molecule is O=C(NCCN1CCNCC1)c1csc(-c2ccccc2)n1. The molecule has 1 aliphatic heterocycles. The van der Waals surface area contributed by atoms with Gasteiger partial charge in [-0.3, -0.25) is 9.69 Å². The van der Waals surface area contributed by atoms with Crippen molar-refractivity contribution in [2.75, 3.05) is 39.3 Å². The highest BCUT2D eigenvalue weighted by atomic mass is 32.1. The van der Waals surface area contributed by atoms with Crippen molar-refractivity contribution in [3.63, 3.8) is 0 Å². The van der Waals surface area contributed by atoms with Crippen LogP contribution in [0.15, 0.2) is 35.7 Å². The quantitative estimate of drug-likeness (QED) is 0.876. The topological polar surface area (TPSA) is 57.3 Å². The van der Waals surface area contributed by atoms with Gasteiger partial charge in [0.15, 0.2) is 0 Å². The molecule has 1 aliphatic rings. The first-order chi connectivity index (χ1) is 10.8. The van der Waals surface area contributed by atoms with Crippen LogP contribution in [0.25, 0.3) is 10.6 Å². The zero-order valence-electron chi connectivity index (χ0n) is 12.4. The first kappa shape index (κ1) is 15.1. The molecule has 1 fully saturated rings. The minimum Gasteiger partial charge on any atom is -0.349 e. The number of rotatable bonds is 5. The fourth-order valence-corrected chi connectivity index (χ4v) is 3.25. The third kappa shape index (κ3) is 3.91. The van der Waals surface area contributed by atoms with Crippen molar-refractivity contribution in [1.29, 1.82) is 0 Å². The summed E-state index contributed by atoms with van der Waals surface area (Å²) >= 11 is 1.50. The van der Waals surface area contributed by atoms with E-state index in [1.807, 2.05) is 35.7 Å². The monoisotopic (exact) mass is 316 g/mol. The lowest BCUT2D eigenvalue weighted by atomic mass is 10.2. The molecule has 22 heavy (non-hydrogen) atoms. The minimum absolute atomic E-state index is 0.0893. The van der Waals surface area contributed by atoms with Gasteiger partial charge in [0.2, 0.25) is 0 Å². The van der Waals surface area contributed by atoms with Crippen LogP contribution in [0.4, 0.5) is 0 Å². The third-order valence-electron chi connectivity index (χ3n) is 3.68. The molecule has 116 valence electrons. The Morgan fingerprint density at radius 3 is 2.82 bits per heavy atom. The lowest BCUT2D eigenvalue weighted by Crippen LogP contribution is -2.46. The third-order valence-corrected chi connectivity index (χ3v) is 4.57. The van der Waals surface area contributed by atoms with E-state index in [9.17, 15) is 4.79 Å². The maximum atomic E-state index is 12.1. The number of nitrogens with one attached hydrogen (secondary N) is 2. The minimum atomic E-state index is -0.0893. The maximum absolute atomic E-state index is 12.1. The second-order valence-electron chi connectivity index (χ2n) is 5.25. The molecule has 2 heterocycles. The van der Waals surface area contributed by atoms with Gasteiger partial charge in [-0.2, -0.15) is 0 Å². The average Bonchev–Trinajstić information content (AvgIpc) is 3.07. The molecule has 0 unspecified atom stereocenters. The molecule has 0 radical (unpaired) electrons. The number of hydrogen-bond donors (Lipinski definition) is 2. The summed E-state index contributed by atoms with van der Waals surface area (Å²) in [6.07, 6.45) is 0. The highest BCUT2D eigenvalue weighted by molar-refractivity contribution is 7.13. The van der Waals surface area contributed by atoms with Gasteiger partial charge in [-0.05, 0) is 0 Å². The summed E-state index contributed by atoms with van der Waals surface area (Å²) in [4.78, 5) is 18.9. The Labute approximate surface area is 134 Å². The Kier molecular flexibility index (Phi) is 5.15. The van der Waals surface area contributed by atoms with Gasteiger partial charge in [0.25, 0.3) is 5.91 Å².